The molecule has 53 valence electrons. The summed E-state index contributed by atoms with van der Waals surface area (Å²) in [4.78, 5) is 10.8. The monoisotopic (exact) mass is 191 g/mol. The van der Waals surface area contributed by atoms with Crippen LogP contribution in [0.4, 0.5) is 0 Å². The number of halogens is 1. The van der Waals surface area contributed by atoms with Crippen molar-refractivity contribution in [3.63, 3.8) is 0 Å². The van der Waals surface area contributed by atoms with E-state index in [2.05, 4.69) is 0 Å². The van der Waals surface area contributed by atoms with Crippen LogP contribution in [0, 0.1) is 0 Å². The summed E-state index contributed by atoms with van der Waals surface area (Å²) in [5.41, 5.74) is 0.560. The van der Waals surface area contributed by atoms with Crippen molar-refractivity contribution in [3.05, 3.63) is 16.0 Å². The quantitative estimate of drug-likeness (QED) is 0.624. The second-order valence-electron chi connectivity index (χ2n) is 1.81. The highest BCUT2D eigenvalue weighted by Crippen LogP contribution is 2.29. The van der Waals surface area contributed by atoms with Gasteiger partial charge in [-0.05, 0) is 13.0 Å². The zero-order chi connectivity index (χ0) is 7.72. The van der Waals surface area contributed by atoms with E-state index in [1.807, 2.05) is 0 Å². The van der Waals surface area contributed by atoms with E-state index in [-0.39, 0.29) is 5.78 Å². The van der Waals surface area contributed by atoms with Crippen molar-refractivity contribution >= 4 is 41.3 Å². The first-order chi connectivity index (χ1) is 4.61. The fourth-order valence-corrected chi connectivity index (χ4v) is 2.21. The molecule has 0 aliphatic rings. The number of rotatable bonds is 1. The van der Waals surface area contributed by atoms with Gasteiger partial charge in [0.05, 0.1) is 4.34 Å². The van der Waals surface area contributed by atoms with Crippen LogP contribution in [-0.2, 0) is 0 Å². The molecule has 0 unspecified atom stereocenters. The third-order valence-electron chi connectivity index (χ3n) is 1.05. The largest absolute Gasteiger partial charge is 0.294 e. The minimum atomic E-state index is -0.0202. The molecule has 0 N–H and O–H groups in total. The molecule has 1 aromatic rings. The molecule has 0 saturated carbocycles. The Bertz CT molecular complexity index is 267. The van der Waals surface area contributed by atoms with E-state index in [4.69, 9.17) is 24.2 Å². The molecule has 0 atom stereocenters. The van der Waals surface area contributed by atoms with Crippen molar-refractivity contribution < 1.29 is 4.79 Å². The summed E-state index contributed by atoms with van der Waals surface area (Å²) >= 11 is 11.7. The molecular formula is C6H4ClOS2. The van der Waals surface area contributed by atoms with Crippen LogP contribution in [0.5, 0.6) is 0 Å². The van der Waals surface area contributed by atoms with Crippen LogP contribution in [0.3, 0.4) is 0 Å². The first-order valence-corrected chi connectivity index (χ1v) is 4.19. The number of carbonyl (C=O) groups is 1. The molecule has 0 fully saturated rings. The van der Waals surface area contributed by atoms with Crippen LogP contribution in [0.25, 0.3) is 0 Å². The fraction of sp³-hybridized carbons (Fsp3) is 0.167. The van der Waals surface area contributed by atoms with Crippen LogP contribution < -0.4 is 0 Å². The van der Waals surface area contributed by atoms with Crippen LogP contribution in [0.1, 0.15) is 17.3 Å². The third-order valence-corrected chi connectivity index (χ3v) is 2.58. The number of carbonyl (C=O) groups excluding carboxylic acids is 1. The maximum absolute atomic E-state index is 10.8. The molecule has 0 amide bonds. The normalized spacial score (nSPS) is 9.80. The number of ketones is 1. The van der Waals surface area contributed by atoms with Crippen LogP contribution >= 0.6 is 35.6 Å². The molecule has 0 spiro atoms. The summed E-state index contributed by atoms with van der Waals surface area (Å²) in [6.45, 7) is 1.48. The molecule has 1 heterocycles. The van der Waals surface area contributed by atoms with Crippen molar-refractivity contribution in [1.29, 1.82) is 0 Å². The summed E-state index contributed by atoms with van der Waals surface area (Å²) in [5, 5.41) is 0. The van der Waals surface area contributed by atoms with E-state index < -0.39 is 0 Å². The first-order valence-electron chi connectivity index (χ1n) is 2.58. The zero-order valence-electron chi connectivity index (χ0n) is 5.18. The Morgan fingerprint density at radius 3 is 2.60 bits per heavy atom. The van der Waals surface area contributed by atoms with E-state index in [1.54, 1.807) is 6.07 Å². The van der Waals surface area contributed by atoms with Gasteiger partial charge in [-0.1, -0.05) is 24.2 Å². The maximum Gasteiger partial charge on any atom is 0.162 e. The van der Waals surface area contributed by atoms with Gasteiger partial charge < -0.3 is 0 Å². The van der Waals surface area contributed by atoms with Crippen molar-refractivity contribution in [3.8, 4) is 0 Å². The van der Waals surface area contributed by atoms with E-state index in [9.17, 15) is 4.79 Å². The zero-order valence-corrected chi connectivity index (χ0v) is 7.57. The first kappa shape index (κ1) is 7.98. The van der Waals surface area contributed by atoms with E-state index in [1.165, 1.54) is 18.3 Å². The van der Waals surface area contributed by atoms with Gasteiger partial charge in [-0.25, -0.2) is 0 Å². The van der Waals surface area contributed by atoms with Gasteiger partial charge >= 0.3 is 0 Å². The Morgan fingerprint density at radius 1 is 1.80 bits per heavy atom. The lowest BCUT2D eigenvalue weighted by Crippen LogP contribution is -1.87. The minimum Gasteiger partial charge on any atom is -0.294 e. The Kier molecular flexibility index (Phi) is 2.28. The lowest BCUT2D eigenvalue weighted by molar-refractivity contribution is 0.101. The van der Waals surface area contributed by atoms with Crippen molar-refractivity contribution in [1.82, 2.24) is 0 Å². The topological polar surface area (TPSA) is 17.1 Å². The second kappa shape index (κ2) is 2.86. The summed E-state index contributed by atoms with van der Waals surface area (Å²) in [6.07, 6.45) is 0. The van der Waals surface area contributed by atoms with Gasteiger partial charge in [-0.15, -0.1) is 11.3 Å². The van der Waals surface area contributed by atoms with Gasteiger partial charge in [0.1, 0.15) is 4.21 Å². The summed E-state index contributed by atoms with van der Waals surface area (Å²) in [6, 6.07) is 1.61. The number of hydrogen-bond donors (Lipinski definition) is 0. The average Bonchev–Trinajstić information content (AvgIpc) is 2.10. The van der Waals surface area contributed by atoms with Gasteiger partial charge in [-0.3, -0.25) is 4.79 Å². The maximum atomic E-state index is 10.8. The molecule has 0 aliphatic heterocycles. The van der Waals surface area contributed by atoms with Crippen LogP contribution in [0.15, 0.2) is 10.3 Å². The molecule has 1 aromatic heterocycles. The molecule has 4 heteroatoms. The molecule has 1 radical (unpaired) electrons. The Balaban J connectivity index is 3.15. The smallest absolute Gasteiger partial charge is 0.162 e. The minimum absolute atomic E-state index is 0.0202. The lowest BCUT2D eigenvalue weighted by Gasteiger charge is -1.85. The van der Waals surface area contributed by atoms with Gasteiger partial charge in [-0.2, -0.15) is 0 Å². The third kappa shape index (κ3) is 1.48. The summed E-state index contributed by atoms with van der Waals surface area (Å²) < 4.78 is 1.16. The highest BCUT2D eigenvalue weighted by Gasteiger charge is 2.08. The van der Waals surface area contributed by atoms with E-state index >= 15 is 0 Å². The SMILES string of the molecule is CC(=O)c1cc(Cl)sc1[S]. The molecular weight excluding hydrogens is 188 g/mol. The van der Waals surface area contributed by atoms with Gasteiger partial charge in [0.25, 0.3) is 0 Å². The predicted molar refractivity (Wildman–Crippen MR) is 45.2 cm³/mol. The van der Waals surface area contributed by atoms with Crippen molar-refractivity contribution in [2.45, 2.75) is 11.1 Å². The van der Waals surface area contributed by atoms with Crippen LogP contribution in [-0.4, -0.2) is 5.78 Å². The standard InChI is InChI=1S/C6H4ClOS2/c1-3(8)4-2-5(7)10-6(4)9/h2H,1H3. The molecule has 0 bridgehead atoms. The summed E-state index contributed by atoms with van der Waals surface area (Å²) in [7, 11) is 0. The van der Waals surface area contributed by atoms with E-state index in [0.29, 0.717) is 14.1 Å². The Morgan fingerprint density at radius 2 is 2.40 bits per heavy atom. The number of thiophene rings is 1. The highest BCUT2D eigenvalue weighted by molar-refractivity contribution is 7.83. The average molecular weight is 192 g/mol. The second-order valence-corrected chi connectivity index (χ2v) is 4.16. The lowest BCUT2D eigenvalue weighted by atomic mass is 10.2. The van der Waals surface area contributed by atoms with Crippen molar-refractivity contribution in [2.24, 2.45) is 0 Å². The predicted octanol–water partition coefficient (Wildman–Crippen LogP) is 3.16. The molecule has 1 rings (SSSR count). The fourth-order valence-electron chi connectivity index (χ4n) is 0.591. The number of Topliss-reactive ketones (excluding diaryl/α,β-unsaturated/α-hetero) is 1. The Hall–Kier alpha value is -0.120. The number of hydrogen-bond acceptors (Lipinski definition) is 2. The van der Waals surface area contributed by atoms with Gasteiger partial charge in [0.2, 0.25) is 0 Å². The molecule has 0 aromatic carbocycles. The van der Waals surface area contributed by atoms with Gasteiger partial charge in [0.15, 0.2) is 5.78 Å². The van der Waals surface area contributed by atoms with Crippen molar-refractivity contribution in [2.75, 3.05) is 0 Å². The Labute approximate surface area is 73.4 Å². The molecule has 0 saturated heterocycles. The summed E-state index contributed by atoms with van der Waals surface area (Å²) in [5.74, 6) is -0.0202. The highest BCUT2D eigenvalue weighted by atomic mass is 35.5. The van der Waals surface area contributed by atoms with Crippen LogP contribution in [0.2, 0.25) is 4.34 Å². The molecule has 1 nitrogen and oxygen atoms in total. The van der Waals surface area contributed by atoms with Gasteiger partial charge in [0, 0.05) is 5.56 Å². The molecule has 10 heavy (non-hydrogen) atoms. The van der Waals surface area contributed by atoms with E-state index in [0.717, 1.165) is 0 Å². The molecule has 0 aliphatic carbocycles.